The Morgan fingerprint density at radius 1 is 1.28 bits per heavy atom. The fraction of sp³-hybridized carbons (Fsp3) is 0.455. The van der Waals surface area contributed by atoms with Crippen LogP contribution < -0.4 is 5.32 Å². The molecule has 1 saturated heterocycles. The Labute approximate surface area is 114 Å². The molecule has 18 heavy (non-hydrogen) atoms. The minimum Gasteiger partial charge on any atom is -0.378 e. The highest BCUT2D eigenvalue weighted by Gasteiger charge is 2.32. The summed E-state index contributed by atoms with van der Waals surface area (Å²) in [5, 5.41) is 3.18. The SMILES string of the molecule is Cl.FC(F)(F)c1cc(Cl)cc([C@@H]2COCCN2)c1. The van der Waals surface area contributed by atoms with E-state index in [4.69, 9.17) is 16.3 Å². The highest BCUT2D eigenvalue weighted by Crippen LogP contribution is 2.33. The maximum absolute atomic E-state index is 12.6. The fourth-order valence-electron chi connectivity index (χ4n) is 1.76. The summed E-state index contributed by atoms with van der Waals surface area (Å²) < 4.78 is 43.0. The van der Waals surface area contributed by atoms with E-state index in [1.807, 2.05) is 0 Å². The summed E-state index contributed by atoms with van der Waals surface area (Å²) in [7, 11) is 0. The van der Waals surface area contributed by atoms with E-state index in [2.05, 4.69) is 5.32 Å². The number of ether oxygens (including phenoxy) is 1. The van der Waals surface area contributed by atoms with Crippen molar-refractivity contribution in [3.05, 3.63) is 34.3 Å². The van der Waals surface area contributed by atoms with Gasteiger partial charge < -0.3 is 10.1 Å². The van der Waals surface area contributed by atoms with E-state index < -0.39 is 11.7 Å². The van der Waals surface area contributed by atoms with Gasteiger partial charge in [0.05, 0.1) is 24.8 Å². The van der Waals surface area contributed by atoms with Crippen molar-refractivity contribution in [3.63, 3.8) is 0 Å². The number of hydrogen-bond acceptors (Lipinski definition) is 2. The lowest BCUT2D eigenvalue weighted by molar-refractivity contribution is -0.137. The summed E-state index contributed by atoms with van der Waals surface area (Å²) in [6.45, 7) is 1.55. The lowest BCUT2D eigenvalue weighted by Crippen LogP contribution is -2.34. The molecule has 2 rings (SSSR count). The van der Waals surface area contributed by atoms with Crippen molar-refractivity contribution in [2.45, 2.75) is 12.2 Å². The molecule has 0 aromatic heterocycles. The minimum atomic E-state index is -4.38. The Morgan fingerprint density at radius 3 is 2.56 bits per heavy atom. The third kappa shape index (κ3) is 3.75. The second kappa shape index (κ2) is 6.10. The Morgan fingerprint density at radius 2 is 2.00 bits per heavy atom. The van der Waals surface area contributed by atoms with Gasteiger partial charge in [-0.25, -0.2) is 0 Å². The number of alkyl halides is 3. The molecule has 0 amide bonds. The van der Waals surface area contributed by atoms with E-state index in [0.717, 1.165) is 12.1 Å². The average molecular weight is 302 g/mol. The molecule has 2 nitrogen and oxygen atoms in total. The van der Waals surface area contributed by atoms with Crippen LogP contribution in [0, 0.1) is 0 Å². The van der Waals surface area contributed by atoms with Gasteiger partial charge in [-0.2, -0.15) is 13.2 Å². The monoisotopic (exact) mass is 301 g/mol. The van der Waals surface area contributed by atoms with Crippen LogP contribution >= 0.6 is 24.0 Å². The minimum absolute atomic E-state index is 0. The first-order chi connectivity index (χ1) is 7.97. The lowest BCUT2D eigenvalue weighted by Gasteiger charge is -2.25. The Hall–Kier alpha value is -0.490. The zero-order chi connectivity index (χ0) is 12.5. The molecule has 0 saturated carbocycles. The van der Waals surface area contributed by atoms with Crippen LogP contribution in [0.15, 0.2) is 18.2 Å². The summed E-state index contributed by atoms with van der Waals surface area (Å²) in [6.07, 6.45) is -4.38. The van der Waals surface area contributed by atoms with Crippen molar-refractivity contribution in [1.29, 1.82) is 0 Å². The second-order valence-corrected chi connectivity index (χ2v) is 4.29. The van der Waals surface area contributed by atoms with Crippen LogP contribution in [-0.2, 0) is 10.9 Å². The number of nitrogens with one attached hydrogen (secondary N) is 1. The first kappa shape index (κ1) is 15.6. The molecule has 1 aromatic rings. The van der Waals surface area contributed by atoms with Gasteiger partial charge >= 0.3 is 6.18 Å². The summed E-state index contributed by atoms with van der Waals surface area (Å²) in [6, 6.07) is 3.33. The van der Waals surface area contributed by atoms with Crippen molar-refractivity contribution < 1.29 is 17.9 Å². The van der Waals surface area contributed by atoms with Gasteiger partial charge in [0.1, 0.15) is 0 Å². The van der Waals surface area contributed by atoms with Gasteiger partial charge in [-0.15, -0.1) is 12.4 Å². The fourth-order valence-corrected chi connectivity index (χ4v) is 2.00. The van der Waals surface area contributed by atoms with Crippen LogP contribution in [0.3, 0.4) is 0 Å². The Kier molecular flexibility index (Phi) is 5.28. The topological polar surface area (TPSA) is 21.3 Å². The van der Waals surface area contributed by atoms with Gasteiger partial charge in [-0.1, -0.05) is 11.6 Å². The van der Waals surface area contributed by atoms with Crippen molar-refractivity contribution >= 4 is 24.0 Å². The van der Waals surface area contributed by atoms with Gasteiger partial charge in [0.15, 0.2) is 0 Å². The van der Waals surface area contributed by atoms with Crippen LogP contribution in [0.1, 0.15) is 17.2 Å². The highest BCUT2D eigenvalue weighted by atomic mass is 35.5. The van der Waals surface area contributed by atoms with E-state index in [-0.39, 0.29) is 23.5 Å². The van der Waals surface area contributed by atoms with Gasteiger partial charge in [-0.3, -0.25) is 0 Å². The molecule has 1 aliphatic heterocycles. The Balaban J connectivity index is 0.00000162. The van der Waals surface area contributed by atoms with Crippen LogP contribution in [0.4, 0.5) is 13.2 Å². The maximum Gasteiger partial charge on any atom is 0.416 e. The normalized spacial score (nSPS) is 20.3. The molecule has 0 spiro atoms. The van der Waals surface area contributed by atoms with E-state index in [1.165, 1.54) is 6.07 Å². The van der Waals surface area contributed by atoms with Crippen molar-refractivity contribution in [2.75, 3.05) is 19.8 Å². The van der Waals surface area contributed by atoms with Crippen molar-refractivity contribution in [2.24, 2.45) is 0 Å². The molecule has 7 heteroatoms. The highest BCUT2D eigenvalue weighted by molar-refractivity contribution is 6.30. The molecule has 1 aromatic carbocycles. The van der Waals surface area contributed by atoms with Gasteiger partial charge in [0.25, 0.3) is 0 Å². The number of halogens is 5. The molecule has 1 heterocycles. The first-order valence-corrected chi connectivity index (χ1v) is 5.53. The molecular formula is C11H12Cl2F3NO. The molecule has 0 bridgehead atoms. The van der Waals surface area contributed by atoms with Crippen LogP contribution in [-0.4, -0.2) is 19.8 Å². The van der Waals surface area contributed by atoms with E-state index >= 15 is 0 Å². The molecule has 1 N–H and O–H groups in total. The third-order valence-corrected chi connectivity index (χ3v) is 2.79. The number of benzene rings is 1. The van der Waals surface area contributed by atoms with Gasteiger partial charge in [0.2, 0.25) is 0 Å². The molecule has 1 atom stereocenters. The summed E-state index contributed by atoms with van der Waals surface area (Å²) in [5.74, 6) is 0. The molecule has 1 aliphatic rings. The number of rotatable bonds is 1. The smallest absolute Gasteiger partial charge is 0.378 e. The predicted octanol–water partition coefficient (Wildman–Crippen LogP) is 3.44. The molecule has 0 unspecified atom stereocenters. The van der Waals surface area contributed by atoms with Crippen LogP contribution in [0.25, 0.3) is 0 Å². The second-order valence-electron chi connectivity index (χ2n) is 3.85. The summed E-state index contributed by atoms with van der Waals surface area (Å²) in [5.41, 5.74) is -0.225. The van der Waals surface area contributed by atoms with Crippen LogP contribution in [0.2, 0.25) is 5.02 Å². The Bertz CT molecular complexity index is 406. The first-order valence-electron chi connectivity index (χ1n) is 5.15. The number of morpholine rings is 1. The largest absolute Gasteiger partial charge is 0.416 e. The van der Waals surface area contributed by atoms with Crippen molar-refractivity contribution in [3.8, 4) is 0 Å². The third-order valence-electron chi connectivity index (χ3n) is 2.57. The summed E-state index contributed by atoms with van der Waals surface area (Å²) >= 11 is 5.71. The lowest BCUT2D eigenvalue weighted by atomic mass is 10.0. The zero-order valence-electron chi connectivity index (χ0n) is 9.26. The molecule has 1 fully saturated rings. The maximum atomic E-state index is 12.6. The van der Waals surface area contributed by atoms with E-state index in [9.17, 15) is 13.2 Å². The van der Waals surface area contributed by atoms with E-state index in [0.29, 0.717) is 25.3 Å². The summed E-state index contributed by atoms with van der Waals surface area (Å²) in [4.78, 5) is 0. The van der Waals surface area contributed by atoms with Gasteiger partial charge in [0, 0.05) is 11.6 Å². The molecule has 0 radical (unpaired) electrons. The van der Waals surface area contributed by atoms with E-state index in [1.54, 1.807) is 0 Å². The number of hydrogen-bond donors (Lipinski definition) is 1. The molecule has 0 aliphatic carbocycles. The average Bonchev–Trinajstić information content (AvgIpc) is 2.28. The van der Waals surface area contributed by atoms with Crippen LogP contribution in [0.5, 0.6) is 0 Å². The van der Waals surface area contributed by atoms with Crippen molar-refractivity contribution in [1.82, 2.24) is 5.32 Å². The molecule has 102 valence electrons. The predicted molar refractivity (Wildman–Crippen MR) is 65.3 cm³/mol. The standard InChI is InChI=1S/C11H11ClF3NO.ClH/c12-9-4-7(10-6-17-2-1-16-10)3-8(5-9)11(13,14)15;/h3-5,10,16H,1-2,6H2;1H/t10-;/m0./s1. The molecular weight excluding hydrogens is 290 g/mol. The zero-order valence-corrected chi connectivity index (χ0v) is 10.8. The quantitative estimate of drug-likeness (QED) is 0.858. The van der Waals surface area contributed by atoms with Gasteiger partial charge in [-0.05, 0) is 23.8 Å².